The molecule has 1 N–H and O–H groups in total. The molecule has 0 bridgehead atoms. The van der Waals surface area contributed by atoms with Crippen LogP contribution < -0.4 is 5.32 Å². The molecule has 0 aliphatic rings. The molecule has 3 nitrogen and oxygen atoms in total. The van der Waals surface area contributed by atoms with Gasteiger partial charge in [0, 0.05) is 24.8 Å². The highest BCUT2D eigenvalue weighted by molar-refractivity contribution is 5.69. The third-order valence-electron chi connectivity index (χ3n) is 3.24. The molecule has 0 spiro atoms. The van der Waals surface area contributed by atoms with Crippen LogP contribution in [0, 0.1) is 6.92 Å². The molecular formula is C15H21N3. The Hall–Kier alpha value is -1.61. The molecule has 96 valence electrons. The lowest BCUT2D eigenvalue weighted by molar-refractivity contribution is 0.599. The highest BCUT2D eigenvalue weighted by Gasteiger charge is 2.13. The minimum absolute atomic E-state index is 0.353. The van der Waals surface area contributed by atoms with Gasteiger partial charge >= 0.3 is 0 Å². The normalized spacial score (nSPS) is 12.7. The van der Waals surface area contributed by atoms with Gasteiger partial charge in [-0.3, -0.25) is 4.68 Å². The fraction of sp³-hybridized carbons (Fsp3) is 0.400. The summed E-state index contributed by atoms with van der Waals surface area (Å²) >= 11 is 0. The van der Waals surface area contributed by atoms with Crippen LogP contribution in [0.2, 0.25) is 0 Å². The van der Waals surface area contributed by atoms with Gasteiger partial charge in [0.05, 0.1) is 5.69 Å². The summed E-state index contributed by atoms with van der Waals surface area (Å²) in [5.74, 6) is 0. The van der Waals surface area contributed by atoms with Crippen molar-refractivity contribution in [2.75, 3.05) is 6.54 Å². The minimum atomic E-state index is 0.353. The fourth-order valence-corrected chi connectivity index (χ4v) is 2.40. The smallest absolute Gasteiger partial charge is 0.0672 e. The van der Waals surface area contributed by atoms with E-state index in [1.54, 1.807) is 0 Å². The molecule has 1 aromatic heterocycles. The van der Waals surface area contributed by atoms with Gasteiger partial charge in [-0.2, -0.15) is 5.10 Å². The molecule has 1 atom stereocenters. The molecule has 3 heteroatoms. The molecule has 0 radical (unpaired) electrons. The van der Waals surface area contributed by atoms with Gasteiger partial charge in [-0.15, -0.1) is 0 Å². The van der Waals surface area contributed by atoms with Gasteiger partial charge in [0.2, 0.25) is 0 Å². The number of aryl methyl sites for hydroxylation is 2. The van der Waals surface area contributed by atoms with Gasteiger partial charge in [-0.05, 0) is 31.5 Å². The van der Waals surface area contributed by atoms with Crippen LogP contribution in [0.25, 0.3) is 11.1 Å². The Bertz CT molecular complexity index is 528. The number of benzene rings is 1. The Morgan fingerprint density at radius 3 is 2.61 bits per heavy atom. The molecule has 1 unspecified atom stereocenters. The van der Waals surface area contributed by atoms with E-state index in [1.165, 1.54) is 16.7 Å². The van der Waals surface area contributed by atoms with Crippen LogP contribution >= 0.6 is 0 Å². The van der Waals surface area contributed by atoms with E-state index >= 15 is 0 Å². The van der Waals surface area contributed by atoms with Crippen molar-refractivity contribution in [1.82, 2.24) is 15.1 Å². The van der Waals surface area contributed by atoms with Crippen LogP contribution in [0.4, 0.5) is 0 Å². The molecular weight excluding hydrogens is 222 g/mol. The first-order chi connectivity index (χ1) is 8.63. The zero-order valence-electron chi connectivity index (χ0n) is 11.6. The lowest BCUT2D eigenvalue weighted by Gasteiger charge is -2.16. The third-order valence-corrected chi connectivity index (χ3v) is 3.24. The van der Waals surface area contributed by atoms with E-state index in [4.69, 9.17) is 0 Å². The summed E-state index contributed by atoms with van der Waals surface area (Å²) in [6.07, 6.45) is 2.09. The minimum Gasteiger partial charge on any atom is -0.310 e. The molecule has 0 saturated carbocycles. The van der Waals surface area contributed by atoms with Gasteiger partial charge in [0.25, 0.3) is 0 Å². The first-order valence-electron chi connectivity index (χ1n) is 6.46. The third kappa shape index (κ3) is 2.46. The predicted octanol–water partition coefficient (Wildman–Crippen LogP) is 3.07. The van der Waals surface area contributed by atoms with Crippen molar-refractivity contribution in [2.45, 2.75) is 26.8 Å². The average molecular weight is 243 g/mol. The van der Waals surface area contributed by atoms with Crippen LogP contribution in [-0.4, -0.2) is 16.3 Å². The molecule has 0 fully saturated rings. The predicted molar refractivity (Wildman–Crippen MR) is 75.5 cm³/mol. The maximum Gasteiger partial charge on any atom is 0.0672 e. The highest BCUT2D eigenvalue weighted by Crippen LogP contribution is 2.29. The standard InChI is InChI=1S/C15H21N3/c1-5-16-11(2)13-8-6-7-9-14(13)15-10-18(4)17-12(15)3/h6-11,16H,5H2,1-4H3. The Kier molecular flexibility index (Phi) is 3.82. The molecule has 1 aromatic carbocycles. The van der Waals surface area contributed by atoms with Crippen LogP contribution in [-0.2, 0) is 7.05 Å². The van der Waals surface area contributed by atoms with Crippen molar-refractivity contribution >= 4 is 0 Å². The van der Waals surface area contributed by atoms with Gasteiger partial charge in [0.15, 0.2) is 0 Å². The van der Waals surface area contributed by atoms with Gasteiger partial charge in [-0.25, -0.2) is 0 Å². The highest BCUT2D eigenvalue weighted by atomic mass is 15.2. The molecule has 2 rings (SSSR count). The summed E-state index contributed by atoms with van der Waals surface area (Å²) in [7, 11) is 1.97. The first kappa shape index (κ1) is 12.8. The Morgan fingerprint density at radius 1 is 1.28 bits per heavy atom. The van der Waals surface area contributed by atoms with Crippen molar-refractivity contribution < 1.29 is 0 Å². The number of hydrogen-bond donors (Lipinski definition) is 1. The number of hydrogen-bond acceptors (Lipinski definition) is 2. The second kappa shape index (κ2) is 5.36. The second-order valence-electron chi connectivity index (χ2n) is 4.67. The quantitative estimate of drug-likeness (QED) is 0.894. The molecule has 0 aliphatic heterocycles. The lowest BCUT2D eigenvalue weighted by atomic mass is 9.96. The maximum absolute atomic E-state index is 4.43. The van der Waals surface area contributed by atoms with Gasteiger partial charge in [0.1, 0.15) is 0 Å². The number of aromatic nitrogens is 2. The summed E-state index contributed by atoms with van der Waals surface area (Å²) in [5.41, 5.74) is 4.90. The molecule has 18 heavy (non-hydrogen) atoms. The lowest BCUT2D eigenvalue weighted by Crippen LogP contribution is -2.18. The van der Waals surface area contributed by atoms with Crippen molar-refractivity contribution in [3.8, 4) is 11.1 Å². The van der Waals surface area contributed by atoms with Gasteiger partial charge < -0.3 is 5.32 Å². The Balaban J connectivity index is 2.48. The van der Waals surface area contributed by atoms with Crippen LogP contribution in [0.3, 0.4) is 0 Å². The van der Waals surface area contributed by atoms with E-state index < -0.39 is 0 Å². The van der Waals surface area contributed by atoms with Crippen LogP contribution in [0.1, 0.15) is 31.1 Å². The topological polar surface area (TPSA) is 29.9 Å². The summed E-state index contributed by atoms with van der Waals surface area (Å²) in [6, 6.07) is 8.90. The summed E-state index contributed by atoms with van der Waals surface area (Å²) in [6.45, 7) is 7.37. The average Bonchev–Trinajstić information content (AvgIpc) is 2.69. The Morgan fingerprint density at radius 2 is 2.00 bits per heavy atom. The molecule has 0 aliphatic carbocycles. The molecule has 1 heterocycles. The fourth-order valence-electron chi connectivity index (χ4n) is 2.40. The van der Waals surface area contributed by atoms with E-state index in [0.717, 1.165) is 12.2 Å². The number of rotatable bonds is 4. The zero-order valence-corrected chi connectivity index (χ0v) is 11.6. The summed E-state index contributed by atoms with van der Waals surface area (Å²) in [5, 5.41) is 7.90. The van der Waals surface area contributed by atoms with Crippen LogP contribution in [0.15, 0.2) is 30.5 Å². The van der Waals surface area contributed by atoms with E-state index in [9.17, 15) is 0 Å². The number of nitrogens with one attached hydrogen (secondary N) is 1. The van der Waals surface area contributed by atoms with Crippen LogP contribution in [0.5, 0.6) is 0 Å². The van der Waals surface area contributed by atoms with E-state index in [1.807, 2.05) is 11.7 Å². The second-order valence-corrected chi connectivity index (χ2v) is 4.67. The monoisotopic (exact) mass is 243 g/mol. The van der Waals surface area contributed by atoms with Crippen molar-refractivity contribution in [3.63, 3.8) is 0 Å². The zero-order chi connectivity index (χ0) is 13.1. The Labute approximate surface area is 109 Å². The van der Waals surface area contributed by atoms with Crippen molar-refractivity contribution in [3.05, 3.63) is 41.7 Å². The molecule has 0 saturated heterocycles. The van der Waals surface area contributed by atoms with E-state index in [0.29, 0.717) is 6.04 Å². The summed E-state index contributed by atoms with van der Waals surface area (Å²) < 4.78 is 1.87. The van der Waals surface area contributed by atoms with E-state index in [-0.39, 0.29) is 0 Å². The van der Waals surface area contributed by atoms with Gasteiger partial charge in [-0.1, -0.05) is 31.2 Å². The first-order valence-corrected chi connectivity index (χ1v) is 6.46. The van der Waals surface area contributed by atoms with E-state index in [2.05, 4.69) is 61.6 Å². The summed E-state index contributed by atoms with van der Waals surface area (Å²) in [4.78, 5) is 0. The molecule has 2 aromatic rings. The molecule has 0 amide bonds. The largest absolute Gasteiger partial charge is 0.310 e. The number of nitrogens with zero attached hydrogens (tertiary/aromatic N) is 2. The maximum atomic E-state index is 4.43. The van der Waals surface area contributed by atoms with Crippen molar-refractivity contribution in [1.29, 1.82) is 0 Å². The SMILES string of the molecule is CCNC(C)c1ccccc1-c1cn(C)nc1C. The van der Waals surface area contributed by atoms with Crippen molar-refractivity contribution in [2.24, 2.45) is 7.05 Å².